The summed E-state index contributed by atoms with van der Waals surface area (Å²) in [4.78, 5) is 17.3. The first kappa shape index (κ1) is 14.0. The van der Waals surface area contributed by atoms with E-state index in [1.165, 1.54) is 17.0 Å². The van der Waals surface area contributed by atoms with Crippen LogP contribution >= 0.6 is 0 Å². The van der Waals surface area contributed by atoms with Crippen molar-refractivity contribution in [2.24, 2.45) is 0 Å². The topological polar surface area (TPSA) is 45.2 Å². The molecule has 5 heteroatoms. The number of hydrogen-bond acceptors (Lipinski definition) is 3. The van der Waals surface area contributed by atoms with Gasteiger partial charge in [0.15, 0.2) is 0 Å². The van der Waals surface area contributed by atoms with E-state index in [0.29, 0.717) is 12.2 Å². The molecule has 20 heavy (non-hydrogen) atoms. The van der Waals surface area contributed by atoms with Crippen LogP contribution in [-0.4, -0.2) is 29.9 Å². The molecule has 1 amide bonds. The van der Waals surface area contributed by atoms with Crippen LogP contribution in [0.4, 0.5) is 10.1 Å². The Morgan fingerprint density at radius 2 is 2.10 bits per heavy atom. The number of carbonyl (C=O) groups is 1. The van der Waals surface area contributed by atoms with Crippen LogP contribution in [-0.2, 0) is 6.54 Å². The molecule has 0 bridgehead atoms. The third-order valence-electron chi connectivity index (χ3n) is 2.77. The van der Waals surface area contributed by atoms with Crippen LogP contribution in [0.15, 0.2) is 42.6 Å². The Bertz CT molecular complexity index is 614. The van der Waals surface area contributed by atoms with Gasteiger partial charge in [-0.15, -0.1) is 0 Å². The van der Waals surface area contributed by atoms with Crippen molar-refractivity contribution < 1.29 is 9.18 Å². The molecule has 2 aromatic rings. The van der Waals surface area contributed by atoms with Crippen LogP contribution < -0.4 is 5.32 Å². The van der Waals surface area contributed by atoms with Gasteiger partial charge in [0.2, 0.25) is 0 Å². The second kappa shape index (κ2) is 6.14. The highest BCUT2D eigenvalue weighted by Crippen LogP contribution is 2.12. The van der Waals surface area contributed by atoms with Crippen molar-refractivity contribution in [3.05, 3.63) is 59.7 Å². The Morgan fingerprint density at radius 1 is 1.30 bits per heavy atom. The maximum atomic E-state index is 13.1. The Labute approximate surface area is 117 Å². The van der Waals surface area contributed by atoms with E-state index in [1.54, 1.807) is 38.5 Å². The number of nitrogens with one attached hydrogen (secondary N) is 1. The zero-order chi connectivity index (χ0) is 14.5. The molecule has 104 valence electrons. The quantitative estimate of drug-likeness (QED) is 0.931. The minimum Gasteiger partial charge on any atom is -0.381 e. The van der Waals surface area contributed by atoms with Crippen molar-refractivity contribution in [3.63, 3.8) is 0 Å². The zero-order valence-corrected chi connectivity index (χ0v) is 11.4. The number of carbonyl (C=O) groups excluding carboxylic acids is 1. The summed E-state index contributed by atoms with van der Waals surface area (Å²) in [5.74, 6) is -0.415. The minimum absolute atomic E-state index is 0.153. The molecule has 4 nitrogen and oxygen atoms in total. The number of halogens is 1. The predicted molar refractivity (Wildman–Crippen MR) is 76.0 cm³/mol. The maximum absolute atomic E-state index is 13.1. The third kappa shape index (κ3) is 3.54. The molecule has 0 spiro atoms. The van der Waals surface area contributed by atoms with Crippen molar-refractivity contribution in [1.82, 2.24) is 9.88 Å². The monoisotopic (exact) mass is 273 g/mol. The molecule has 1 aromatic heterocycles. The second-order valence-corrected chi connectivity index (χ2v) is 4.61. The molecule has 0 unspecified atom stereocenters. The lowest BCUT2D eigenvalue weighted by Gasteiger charge is -2.11. The summed E-state index contributed by atoms with van der Waals surface area (Å²) in [6.07, 6.45) is 1.57. The maximum Gasteiger partial charge on any atom is 0.272 e. The molecule has 1 N–H and O–H groups in total. The fourth-order valence-corrected chi connectivity index (χ4v) is 1.74. The molecule has 0 aliphatic carbocycles. The van der Waals surface area contributed by atoms with Gasteiger partial charge in [0, 0.05) is 32.5 Å². The van der Waals surface area contributed by atoms with Gasteiger partial charge >= 0.3 is 0 Å². The van der Waals surface area contributed by atoms with Crippen molar-refractivity contribution in [2.45, 2.75) is 6.54 Å². The third-order valence-corrected chi connectivity index (χ3v) is 2.77. The van der Waals surface area contributed by atoms with Crippen molar-refractivity contribution in [3.8, 4) is 0 Å². The van der Waals surface area contributed by atoms with Gasteiger partial charge in [-0.05, 0) is 29.8 Å². The molecule has 2 rings (SSSR count). The molecular weight excluding hydrogens is 257 g/mol. The first-order valence-corrected chi connectivity index (χ1v) is 6.22. The molecule has 0 radical (unpaired) electrons. The van der Waals surface area contributed by atoms with Crippen LogP contribution in [0.1, 0.15) is 16.1 Å². The highest BCUT2D eigenvalue weighted by molar-refractivity contribution is 5.92. The van der Waals surface area contributed by atoms with Crippen molar-refractivity contribution >= 4 is 11.6 Å². The lowest BCUT2D eigenvalue weighted by molar-refractivity contribution is 0.0822. The van der Waals surface area contributed by atoms with Gasteiger partial charge in [0.25, 0.3) is 5.91 Å². The number of pyridine rings is 1. The van der Waals surface area contributed by atoms with Crippen LogP contribution in [0.2, 0.25) is 0 Å². The smallest absolute Gasteiger partial charge is 0.272 e. The summed E-state index contributed by atoms with van der Waals surface area (Å²) in [6.45, 7) is 0.484. The second-order valence-electron chi connectivity index (χ2n) is 4.61. The molecule has 0 aliphatic heterocycles. The van der Waals surface area contributed by atoms with Gasteiger partial charge in [-0.25, -0.2) is 4.39 Å². The van der Waals surface area contributed by atoms with E-state index in [4.69, 9.17) is 0 Å². The van der Waals surface area contributed by atoms with Gasteiger partial charge in [-0.1, -0.05) is 12.1 Å². The van der Waals surface area contributed by atoms with E-state index in [9.17, 15) is 9.18 Å². The van der Waals surface area contributed by atoms with Crippen LogP contribution in [0.5, 0.6) is 0 Å². The highest BCUT2D eigenvalue weighted by Gasteiger charge is 2.09. The summed E-state index contributed by atoms with van der Waals surface area (Å²) >= 11 is 0. The van der Waals surface area contributed by atoms with Crippen LogP contribution in [0.3, 0.4) is 0 Å². The number of hydrogen-bond donors (Lipinski definition) is 1. The molecule has 0 saturated heterocycles. The van der Waals surface area contributed by atoms with Gasteiger partial charge < -0.3 is 10.2 Å². The lowest BCUT2D eigenvalue weighted by atomic mass is 10.2. The standard InChI is InChI=1S/C15H16FN3O/c1-19(2)15(20)14-9-13(6-7-17-14)18-10-11-4-3-5-12(16)8-11/h3-9H,10H2,1-2H3,(H,17,18). The number of rotatable bonds is 4. The lowest BCUT2D eigenvalue weighted by Crippen LogP contribution is -2.22. The number of benzene rings is 1. The number of anilines is 1. The summed E-state index contributed by atoms with van der Waals surface area (Å²) in [5.41, 5.74) is 1.98. The Balaban J connectivity index is 2.07. The van der Waals surface area contributed by atoms with Crippen molar-refractivity contribution in [1.29, 1.82) is 0 Å². The Kier molecular flexibility index (Phi) is 4.30. The highest BCUT2D eigenvalue weighted by atomic mass is 19.1. The van der Waals surface area contributed by atoms with E-state index in [1.807, 2.05) is 6.07 Å². The molecule has 1 heterocycles. The number of aromatic nitrogens is 1. The average molecular weight is 273 g/mol. The molecule has 0 saturated carbocycles. The fraction of sp³-hybridized carbons (Fsp3) is 0.200. The first-order valence-electron chi connectivity index (χ1n) is 6.22. The molecule has 1 aromatic carbocycles. The van der Waals surface area contributed by atoms with E-state index in [2.05, 4.69) is 10.3 Å². The van der Waals surface area contributed by atoms with Gasteiger partial charge in [-0.3, -0.25) is 9.78 Å². The Morgan fingerprint density at radius 3 is 2.80 bits per heavy atom. The molecule has 0 atom stereocenters. The molecule has 0 aliphatic rings. The summed E-state index contributed by atoms with van der Waals surface area (Å²) in [6, 6.07) is 9.83. The molecular formula is C15H16FN3O. The van der Waals surface area contributed by atoms with Gasteiger partial charge in [0.05, 0.1) is 0 Å². The van der Waals surface area contributed by atoms with Crippen LogP contribution in [0.25, 0.3) is 0 Å². The average Bonchev–Trinajstić information content (AvgIpc) is 2.44. The fourth-order valence-electron chi connectivity index (χ4n) is 1.74. The van der Waals surface area contributed by atoms with Crippen LogP contribution in [0, 0.1) is 5.82 Å². The zero-order valence-electron chi connectivity index (χ0n) is 11.4. The largest absolute Gasteiger partial charge is 0.381 e. The number of amides is 1. The molecule has 0 fully saturated rings. The SMILES string of the molecule is CN(C)C(=O)c1cc(NCc2cccc(F)c2)ccn1. The number of nitrogens with zero attached hydrogens (tertiary/aromatic N) is 2. The van der Waals surface area contributed by atoms with Gasteiger partial charge in [-0.2, -0.15) is 0 Å². The summed E-state index contributed by atoms with van der Waals surface area (Å²) in [5, 5.41) is 3.14. The van der Waals surface area contributed by atoms with E-state index in [-0.39, 0.29) is 11.7 Å². The first-order chi connectivity index (χ1) is 9.56. The Hall–Kier alpha value is -2.43. The summed E-state index contributed by atoms with van der Waals surface area (Å²) < 4.78 is 13.1. The van der Waals surface area contributed by atoms with E-state index in [0.717, 1.165) is 11.3 Å². The van der Waals surface area contributed by atoms with Crippen molar-refractivity contribution in [2.75, 3.05) is 19.4 Å². The normalized spacial score (nSPS) is 10.2. The van der Waals surface area contributed by atoms with Gasteiger partial charge in [0.1, 0.15) is 11.5 Å². The minimum atomic E-state index is -0.262. The van der Waals surface area contributed by atoms with E-state index < -0.39 is 0 Å². The summed E-state index contributed by atoms with van der Waals surface area (Å²) in [7, 11) is 3.35. The van der Waals surface area contributed by atoms with E-state index >= 15 is 0 Å². The predicted octanol–water partition coefficient (Wildman–Crippen LogP) is 2.53.